The number of fused-ring (bicyclic) bond motifs is 1. The van der Waals surface area contributed by atoms with Crippen LogP contribution in [0.5, 0.6) is 0 Å². The van der Waals surface area contributed by atoms with Crippen LogP contribution in [-0.2, 0) is 4.79 Å². The topological polar surface area (TPSA) is 49.6 Å². The van der Waals surface area contributed by atoms with Gasteiger partial charge in [0.1, 0.15) is 0 Å². The summed E-state index contributed by atoms with van der Waals surface area (Å²) in [7, 11) is 4.20. The third kappa shape index (κ3) is 1.68. The molecule has 3 unspecified atom stereocenters. The smallest absolute Gasteiger partial charge is 0.222 e. The lowest BCUT2D eigenvalue weighted by Gasteiger charge is -2.37. The highest BCUT2D eigenvalue weighted by Crippen LogP contribution is 2.33. The minimum absolute atomic E-state index is 0.0590. The number of nitrogens with two attached hydrogens (primary N) is 1. The molecule has 0 aromatic heterocycles. The normalized spacial score (nSPS) is 39.6. The van der Waals surface area contributed by atoms with Gasteiger partial charge >= 0.3 is 0 Å². The van der Waals surface area contributed by atoms with Gasteiger partial charge in [-0.1, -0.05) is 0 Å². The number of carbonyl (C=O) groups excluding carboxylic acids is 1. The lowest BCUT2D eigenvalue weighted by Crippen LogP contribution is -2.49. The van der Waals surface area contributed by atoms with Gasteiger partial charge in [-0.15, -0.1) is 0 Å². The molecule has 0 spiro atoms. The minimum Gasteiger partial charge on any atom is -0.369 e. The number of piperidine rings is 1. The van der Waals surface area contributed by atoms with E-state index in [0.717, 1.165) is 26.2 Å². The molecule has 0 radical (unpaired) electrons. The Morgan fingerprint density at radius 1 is 1.14 bits per heavy atom. The van der Waals surface area contributed by atoms with E-state index in [9.17, 15) is 4.79 Å². The number of hydrogen-bond donors (Lipinski definition) is 1. The summed E-state index contributed by atoms with van der Waals surface area (Å²) in [6.07, 6.45) is 0. The molecular formula is C8H17B2N3O. The summed E-state index contributed by atoms with van der Waals surface area (Å²) in [6.45, 7) is 4.09. The molecule has 2 fully saturated rings. The van der Waals surface area contributed by atoms with Gasteiger partial charge < -0.3 is 15.4 Å². The zero-order valence-corrected chi connectivity index (χ0v) is 8.94. The van der Waals surface area contributed by atoms with E-state index >= 15 is 0 Å². The maximum absolute atomic E-state index is 11.3. The lowest BCUT2D eigenvalue weighted by atomic mass is 9.78. The zero-order valence-electron chi connectivity index (χ0n) is 8.94. The van der Waals surface area contributed by atoms with Crippen molar-refractivity contribution in [3.8, 4) is 0 Å². The molecule has 2 aliphatic heterocycles. The third-order valence-corrected chi connectivity index (χ3v) is 3.61. The maximum atomic E-state index is 11.3. The van der Waals surface area contributed by atoms with E-state index in [0.29, 0.717) is 11.8 Å². The van der Waals surface area contributed by atoms with Crippen LogP contribution < -0.4 is 5.73 Å². The summed E-state index contributed by atoms with van der Waals surface area (Å²) in [5, 5.41) is 0. The van der Waals surface area contributed by atoms with Gasteiger partial charge in [-0.25, -0.2) is 0 Å². The van der Waals surface area contributed by atoms with Crippen molar-refractivity contribution in [2.75, 3.05) is 26.2 Å². The molecule has 0 aliphatic carbocycles. The predicted octanol–water partition coefficient (Wildman–Crippen LogP) is -2.95. The van der Waals surface area contributed by atoms with Crippen molar-refractivity contribution in [3.05, 3.63) is 0 Å². The number of primary amides is 1. The van der Waals surface area contributed by atoms with E-state index in [1.54, 1.807) is 0 Å². The fourth-order valence-corrected chi connectivity index (χ4v) is 3.02. The molecule has 2 aliphatic rings. The number of amides is 1. The Balaban J connectivity index is 2.13. The minimum atomic E-state index is -0.123. The molecule has 4 nitrogen and oxygen atoms in total. The Labute approximate surface area is 86.7 Å². The van der Waals surface area contributed by atoms with Crippen LogP contribution in [0.2, 0.25) is 0 Å². The van der Waals surface area contributed by atoms with Gasteiger partial charge in [0, 0.05) is 0 Å². The first-order valence-electron chi connectivity index (χ1n) is 5.24. The highest BCUT2D eigenvalue weighted by atomic mass is 16.1. The first-order chi connectivity index (χ1) is 6.58. The van der Waals surface area contributed by atoms with E-state index in [2.05, 4.69) is 25.6 Å². The second-order valence-corrected chi connectivity index (χ2v) is 4.88. The van der Waals surface area contributed by atoms with E-state index in [1.807, 2.05) is 0 Å². The quantitative estimate of drug-likeness (QED) is 0.453. The average molecular weight is 193 g/mol. The van der Waals surface area contributed by atoms with Crippen molar-refractivity contribution in [1.29, 1.82) is 0 Å². The molecule has 2 heterocycles. The number of nitrogens with zero attached hydrogens (tertiary/aromatic N) is 2. The van der Waals surface area contributed by atoms with Gasteiger partial charge in [-0.3, -0.25) is 4.79 Å². The molecule has 0 bridgehead atoms. The molecule has 6 heteroatoms. The van der Waals surface area contributed by atoms with E-state index in [4.69, 9.17) is 5.73 Å². The Hall–Kier alpha value is -0.480. The second-order valence-electron chi connectivity index (χ2n) is 4.88. The van der Waals surface area contributed by atoms with Gasteiger partial charge in [0.05, 0.1) is 5.92 Å². The van der Waals surface area contributed by atoms with Crippen LogP contribution in [0.4, 0.5) is 0 Å². The Kier molecular flexibility index (Phi) is 2.58. The SMILES string of the molecule is BN1CC2CN(B)CC2C(C(N)=O)C1. The van der Waals surface area contributed by atoms with Crippen LogP contribution in [-0.4, -0.2) is 57.7 Å². The van der Waals surface area contributed by atoms with E-state index in [-0.39, 0.29) is 11.8 Å². The molecule has 2 saturated heterocycles. The lowest BCUT2D eigenvalue weighted by molar-refractivity contribution is -0.125. The van der Waals surface area contributed by atoms with Gasteiger partial charge in [-0.05, 0) is 38.0 Å². The van der Waals surface area contributed by atoms with Crippen LogP contribution in [0.3, 0.4) is 0 Å². The molecule has 76 valence electrons. The largest absolute Gasteiger partial charge is 0.369 e. The van der Waals surface area contributed by atoms with Crippen molar-refractivity contribution in [3.63, 3.8) is 0 Å². The van der Waals surface area contributed by atoms with Gasteiger partial charge in [0.25, 0.3) is 0 Å². The zero-order chi connectivity index (χ0) is 10.3. The fourth-order valence-electron chi connectivity index (χ4n) is 3.02. The van der Waals surface area contributed by atoms with Crippen LogP contribution in [0.25, 0.3) is 0 Å². The van der Waals surface area contributed by atoms with E-state index in [1.165, 1.54) is 0 Å². The molecule has 2 N–H and O–H groups in total. The van der Waals surface area contributed by atoms with Gasteiger partial charge in [0.2, 0.25) is 5.91 Å². The summed E-state index contributed by atoms with van der Waals surface area (Å²) in [4.78, 5) is 15.9. The standard InChI is InChI=1S/C8H17B2N3O/c9-12-1-5-2-13(10)4-7(8(11)14)6(5)3-12/h5-7H,1-4,9-10H2,(H2,11,14). The molecule has 0 aromatic carbocycles. The molecule has 0 saturated carbocycles. The predicted molar refractivity (Wildman–Crippen MR) is 59.9 cm³/mol. The second kappa shape index (κ2) is 3.59. The van der Waals surface area contributed by atoms with Crippen LogP contribution in [0.15, 0.2) is 0 Å². The Bertz CT molecular complexity index is 251. The maximum Gasteiger partial charge on any atom is 0.222 e. The van der Waals surface area contributed by atoms with Crippen molar-refractivity contribution < 1.29 is 4.79 Å². The molecule has 14 heavy (non-hydrogen) atoms. The van der Waals surface area contributed by atoms with Crippen LogP contribution in [0, 0.1) is 17.8 Å². The van der Waals surface area contributed by atoms with Crippen molar-refractivity contribution >= 4 is 21.9 Å². The number of rotatable bonds is 1. The Morgan fingerprint density at radius 2 is 1.71 bits per heavy atom. The highest BCUT2D eigenvalue weighted by Gasteiger charge is 2.42. The van der Waals surface area contributed by atoms with Crippen LogP contribution >= 0.6 is 0 Å². The molecule has 2 rings (SSSR count). The average Bonchev–Trinajstić information content (AvgIpc) is 2.42. The summed E-state index contributed by atoms with van der Waals surface area (Å²) in [6, 6.07) is 0. The third-order valence-electron chi connectivity index (χ3n) is 3.61. The summed E-state index contributed by atoms with van der Waals surface area (Å²) < 4.78 is 0. The molecular weight excluding hydrogens is 176 g/mol. The van der Waals surface area contributed by atoms with E-state index < -0.39 is 0 Å². The van der Waals surface area contributed by atoms with Crippen molar-refractivity contribution in [2.24, 2.45) is 23.5 Å². The summed E-state index contributed by atoms with van der Waals surface area (Å²) in [5.74, 6) is 1.07. The summed E-state index contributed by atoms with van der Waals surface area (Å²) in [5.41, 5.74) is 5.45. The molecule has 1 amide bonds. The number of carbonyl (C=O) groups is 1. The number of hydrogen-bond acceptors (Lipinski definition) is 3. The molecule has 0 aromatic rings. The first kappa shape index (κ1) is 10.1. The van der Waals surface area contributed by atoms with Crippen molar-refractivity contribution in [2.45, 2.75) is 0 Å². The highest BCUT2D eigenvalue weighted by molar-refractivity contribution is 6.05. The monoisotopic (exact) mass is 193 g/mol. The fraction of sp³-hybridized carbons (Fsp3) is 0.875. The van der Waals surface area contributed by atoms with Gasteiger partial charge in [0.15, 0.2) is 16.0 Å². The first-order valence-corrected chi connectivity index (χ1v) is 5.24. The molecule has 3 atom stereocenters. The van der Waals surface area contributed by atoms with Gasteiger partial charge in [-0.2, -0.15) is 0 Å². The Morgan fingerprint density at radius 3 is 2.29 bits per heavy atom. The van der Waals surface area contributed by atoms with Crippen LogP contribution in [0.1, 0.15) is 0 Å². The summed E-state index contributed by atoms with van der Waals surface area (Å²) >= 11 is 0. The van der Waals surface area contributed by atoms with Crippen molar-refractivity contribution in [1.82, 2.24) is 9.62 Å².